The zero-order valence-corrected chi connectivity index (χ0v) is 11.5. The molecule has 0 radical (unpaired) electrons. The van der Waals surface area contributed by atoms with E-state index in [-0.39, 0.29) is 11.9 Å². The number of carbonyl (C=O) groups excluding carboxylic acids is 2. The Morgan fingerprint density at radius 3 is 2.45 bits per heavy atom. The van der Waals surface area contributed by atoms with Crippen LogP contribution in [0.25, 0.3) is 6.08 Å². The molecule has 1 fully saturated rings. The van der Waals surface area contributed by atoms with Gasteiger partial charge >= 0.3 is 5.97 Å². The molecule has 0 bridgehead atoms. The molecule has 1 aliphatic rings. The van der Waals surface area contributed by atoms with Crippen LogP contribution in [0.4, 0.5) is 0 Å². The highest BCUT2D eigenvalue weighted by Crippen LogP contribution is 2.08. The van der Waals surface area contributed by atoms with Crippen LogP contribution in [0.3, 0.4) is 0 Å². The van der Waals surface area contributed by atoms with Gasteiger partial charge in [0.15, 0.2) is 0 Å². The first-order valence-electron chi connectivity index (χ1n) is 6.57. The number of ether oxygens (including phenoxy) is 1. The monoisotopic (exact) mass is 274 g/mol. The molecule has 0 spiro atoms. The molecule has 5 nitrogen and oxygen atoms in total. The first-order valence-corrected chi connectivity index (χ1v) is 6.57. The predicted octanol–water partition coefficient (Wildman–Crippen LogP) is 0.918. The fraction of sp³-hybridized carbons (Fsp3) is 0.333. The zero-order chi connectivity index (χ0) is 14.4. The number of esters is 1. The molecule has 0 atom stereocenters. The summed E-state index contributed by atoms with van der Waals surface area (Å²) in [6.07, 6.45) is 3.32. The summed E-state index contributed by atoms with van der Waals surface area (Å²) in [5.74, 6) is -0.346. The van der Waals surface area contributed by atoms with E-state index in [4.69, 9.17) is 0 Å². The fourth-order valence-corrected chi connectivity index (χ4v) is 2.01. The lowest BCUT2D eigenvalue weighted by molar-refractivity contribution is -0.126. The average molecular weight is 274 g/mol. The molecule has 20 heavy (non-hydrogen) atoms. The second kappa shape index (κ2) is 6.86. The molecular formula is C15H18N2O3. The standard InChI is InChI=1S/C15H18N2O3/c1-20-15(19)13-5-2-12(3-6-13)4-7-14(18)17-10-8-16-9-11-17/h2-7,16H,8-11H2,1H3/b7-4+. The number of hydrogen-bond acceptors (Lipinski definition) is 4. The molecule has 1 aliphatic heterocycles. The molecule has 0 unspecified atom stereocenters. The van der Waals surface area contributed by atoms with E-state index in [9.17, 15) is 9.59 Å². The van der Waals surface area contributed by atoms with E-state index in [0.29, 0.717) is 5.56 Å². The maximum absolute atomic E-state index is 11.9. The van der Waals surface area contributed by atoms with Crippen molar-refractivity contribution >= 4 is 18.0 Å². The van der Waals surface area contributed by atoms with Crippen LogP contribution in [-0.4, -0.2) is 50.1 Å². The van der Waals surface area contributed by atoms with E-state index in [1.165, 1.54) is 7.11 Å². The Balaban J connectivity index is 1.96. The number of nitrogens with one attached hydrogen (secondary N) is 1. The van der Waals surface area contributed by atoms with Gasteiger partial charge in [-0.2, -0.15) is 0 Å². The van der Waals surface area contributed by atoms with Gasteiger partial charge < -0.3 is 15.0 Å². The smallest absolute Gasteiger partial charge is 0.337 e. The van der Waals surface area contributed by atoms with Gasteiger partial charge in [0.05, 0.1) is 12.7 Å². The number of carbonyl (C=O) groups is 2. The SMILES string of the molecule is COC(=O)c1ccc(/C=C/C(=O)N2CCNCC2)cc1. The molecular weight excluding hydrogens is 256 g/mol. The van der Waals surface area contributed by atoms with Gasteiger partial charge in [0.2, 0.25) is 5.91 Å². The molecule has 0 saturated carbocycles. The van der Waals surface area contributed by atoms with Crippen molar-refractivity contribution in [1.82, 2.24) is 10.2 Å². The highest BCUT2D eigenvalue weighted by molar-refractivity contribution is 5.92. The van der Waals surface area contributed by atoms with Crippen molar-refractivity contribution in [3.8, 4) is 0 Å². The highest BCUT2D eigenvalue weighted by atomic mass is 16.5. The maximum Gasteiger partial charge on any atom is 0.337 e. The third kappa shape index (κ3) is 3.68. The third-order valence-electron chi connectivity index (χ3n) is 3.18. The molecule has 106 valence electrons. The van der Waals surface area contributed by atoms with Gasteiger partial charge in [0.1, 0.15) is 0 Å². The van der Waals surface area contributed by atoms with Gasteiger partial charge in [-0.3, -0.25) is 4.79 Å². The Morgan fingerprint density at radius 2 is 1.85 bits per heavy atom. The lowest BCUT2D eigenvalue weighted by Gasteiger charge is -2.26. The van der Waals surface area contributed by atoms with Gasteiger partial charge in [0, 0.05) is 32.3 Å². The minimum absolute atomic E-state index is 0.0172. The summed E-state index contributed by atoms with van der Waals surface area (Å²) in [5, 5.41) is 3.20. The van der Waals surface area contributed by atoms with Gasteiger partial charge in [0.25, 0.3) is 0 Å². The maximum atomic E-state index is 11.9. The van der Waals surface area contributed by atoms with Crippen LogP contribution in [0.1, 0.15) is 15.9 Å². The summed E-state index contributed by atoms with van der Waals surface area (Å²) in [5.41, 5.74) is 1.37. The van der Waals surface area contributed by atoms with Crippen molar-refractivity contribution in [2.24, 2.45) is 0 Å². The molecule has 5 heteroatoms. The second-order valence-electron chi connectivity index (χ2n) is 4.52. The summed E-state index contributed by atoms with van der Waals surface area (Å²) < 4.78 is 4.63. The van der Waals surface area contributed by atoms with E-state index in [2.05, 4.69) is 10.1 Å². The number of benzene rings is 1. The highest BCUT2D eigenvalue weighted by Gasteiger charge is 2.13. The number of rotatable bonds is 3. The van der Waals surface area contributed by atoms with Crippen LogP contribution >= 0.6 is 0 Å². The van der Waals surface area contributed by atoms with E-state index >= 15 is 0 Å². The van der Waals surface area contributed by atoms with E-state index in [1.54, 1.807) is 36.4 Å². The molecule has 1 N–H and O–H groups in total. The summed E-state index contributed by atoms with van der Waals surface area (Å²) in [6.45, 7) is 3.16. The van der Waals surface area contributed by atoms with Gasteiger partial charge in [-0.25, -0.2) is 4.79 Å². The number of nitrogens with zero attached hydrogens (tertiary/aromatic N) is 1. The minimum Gasteiger partial charge on any atom is -0.465 e. The number of piperazine rings is 1. The third-order valence-corrected chi connectivity index (χ3v) is 3.18. The van der Waals surface area contributed by atoms with Gasteiger partial charge in [-0.15, -0.1) is 0 Å². The summed E-state index contributed by atoms with van der Waals surface area (Å²) in [6, 6.07) is 6.93. The minimum atomic E-state index is -0.363. The number of hydrogen-bond donors (Lipinski definition) is 1. The van der Waals surface area contributed by atoms with Crippen molar-refractivity contribution in [1.29, 1.82) is 0 Å². The van der Waals surface area contributed by atoms with E-state index < -0.39 is 0 Å². The molecule has 1 saturated heterocycles. The lowest BCUT2D eigenvalue weighted by Crippen LogP contribution is -2.45. The molecule has 1 aromatic rings. The van der Waals surface area contributed by atoms with Crippen molar-refractivity contribution in [3.63, 3.8) is 0 Å². The van der Waals surface area contributed by atoms with E-state index in [1.807, 2.05) is 4.90 Å². The second-order valence-corrected chi connectivity index (χ2v) is 4.52. The number of methoxy groups -OCH3 is 1. The molecule has 0 aliphatic carbocycles. The Morgan fingerprint density at radius 1 is 1.20 bits per heavy atom. The molecule has 2 rings (SSSR count). The van der Waals surface area contributed by atoms with Crippen molar-refractivity contribution in [2.45, 2.75) is 0 Å². The summed E-state index contributed by atoms with van der Waals surface area (Å²) in [7, 11) is 1.35. The summed E-state index contributed by atoms with van der Waals surface area (Å²) in [4.78, 5) is 25.0. The van der Waals surface area contributed by atoms with Crippen LogP contribution in [-0.2, 0) is 9.53 Å². The Bertz CT molecular complexity index is 502. The normalized spacial score (nSPS) is 15.3. The Hall–Kier alpha value is -2.14. The van der Waals surface area contributed by atoms with Crippen molar-refractivity contribution < 1.29 is 14.3 Å². The van der Waals surface area contributed by atoms with Crippen LogP contribution in [0.2, 0.25) is 0 Å². The average Bonchev–Trinajstić information content (AvgIpc) is 2.53. The molecule has 1 amide bonds. The number of amides is 1. The van der Waals surface area contributed by atoms with Crippen LogP contribution in [0.15, 0.2) is 30.3 Å². The fourth-order valence-electron chi connectivity index (χ4n) is 2.01. The largest absolute Gasteiger partial charge is 0.465 e. The van der Waals surface area contributed by atoms with E-state index in [0.717, 1.165) is 31.7 Å². The van der Waals surface area contributed by atoms with Gasteiger partial charge in [-0.1, -0.05) is 12.1 Å². The first-order chi connectivity index (χ1) is 9.70. The first kappa shape index (κ1) is 14.3. The van der Waals surface area contributed by atoms with Crippen LogP contribution in [0, 0.1) is 0 Å². The van der Waals surface area contributed by atoms with Gasteiger partial charge in [-0.05, 0) is 23.8 Å². The predicted molar refractivity (Wildman–Crippen MR) is 76.3 cm³/mol. The van der Waals surface area contributed by atoms with Crippen molar-refractivity contribution in [2.75, 3.05) is 33.3 Å². The topological polar surface area (TPSA) is 58.6 Å². The van der Waals surface area contributed by atoms with Crippen molar-refractivity contribution in [3.05, 3.63) is 41.5 Å². The molecule has 1 heterocycles. The summed E-state index contributed by atoms with van der Waals surface area (Å²) >= 11 is 0. The Labute approximate surface area is 118 Å². The zero-order valence-electron chi connectivity index (χ0n) is 11.5. The molecule has 1 aromatic carbocycles. The Kier molecular flexibility index (Phi) is 4.90. The quantitative estimate of drug-likeness (QED) is 0.658. The van der Waals surface area contributed by atoms with Crippen LogP contribution < -0.4 is 5.32 Å². The lowest BCUT2D eigenvalue weighted by atomic mass is 10.1. The van der Waals surface area contributed by atoms with Crippen LogP contribution in [0.5, 0.6) is 0 Å². The molecule has 0 aromatic heterocycles.